The lowest BCUT2D eigenvalue weighted by atomic mass is 9.94. The van der Waals surface area contributed by atoms with Crippen molar-refractivity contribution in [1.29, 1.82) is 0 Å². The van der Waals surface area contributed by atoms with Crippen LogP contribution in [0, 0.1) is 5.92 Å². The van der Waals surface area contributed by atoms with Crippen LogP contribution in [-0.4, -0.2) is 25.8 Å². The summed E-state index contributed by atoms with van der Waals surface area (Å²) in [4.78, 5) is 0. The van der Waals surface area contributed by atoms with Crippen molar-refractivity contribution in [1.82, 2.24) is 5.32 Å². The summed E-state index contributed by atoms with van der Waals surface area (Å²) in [5.41, 5.74) is 1.17. The molecule has 0 spiro atoms. The average Bonchev–Trinajstić information content (AvgIpc) is 2.45. The van der Waals surface area contributed by atoms with Crippen molar-refractivity contribution < 1.29 is 9.47 Å². The quantitative estimate of drug-likeness (QED) is 0.886. The van der Waals surface area contributed by atoms with Crippen LogP contribution in [0.2, 0.25) is 0 Å². The summed E-state index contributed by atoms with van der Waals surface area (Å²) in [7, 11) is 0. The Bertz CT molecular complexity index is 470. The number of ether oxygens (including phenoxy) is 2. The molecule has 0 saturated carbocycles. The molecule has 3 heteroatoms. The fourth-order valence-corrected chi connectivity index (χ4v) is 2.69. The maximum Gasteiger partial charge on any atom is 0.161 e. The Kier molecular flexibility index (Phi) is 3.74. The molecule has 19 heavy (non-hydrogen) atoms. The molecule has 0 aliphatic carbocycles. The number of hydrogen-bond donors (Lipinski definition) is 1. The van der Waals surface area contributed by atoms with Crippen LogP contribution in [0.3, 0.4) is 0 Å². The highest BCUT2D eigenvalue weighted by atomic mass is 16.6. The second kappa shape index (κ2) is 5.66. The van der Waals surface area contributed by atoms with Crippen molar-refractivity contribution in [3.05, 3.63) is 29.8 Å². The normalized spacial score (nSPS) is 26.6. The fourth-order valence-electron chi connectivity index (χ4n) is 2.69. The van der Waals surface area contributed by atoms with Gasteiger partial charge in [0.1, 0.15) is 13.2 Å². The minimum absolute atomic E-state index is 0.497. The van der Waals surface area contributed by atoms with E-state index in [0.29, 0.717) is 19.3 Å². The van der Waals surface area contributed by atoms with Crippen LogP contribution in [-0.2, 0) is 0 Å². The Hall–Kier alpha value is -1.48. The summed E-state index contributed by atoms with van der Waals surface area (Å²) in [6.07, 6.45) is 6.95. The summed E-state index contributed by atoms with van der Waals surface area (Å²) >= 11 is 0. The van der Waals surface area contributed by atoms with E-state index in [1.54, 1.807) is 0 Å². The van der Waals surface area contributed by atoms with Gasteiger partial charge >= 0.3 is 0 Å². The number of hydrogen-bond acceptors (Lipinski definition) is 3. The SMILES string of the molecule is CC1CCNC(/C=C/c2ccc3c(c2)OCCO3)C1. The highest BCUT2D eigenvalue weighted by Crippen LogP contribution is 2.31. The Balaban J connectivity index is 1.69. The van der Waals surface area contributed by atoms with Gasteiger partial charge in [-0.15, -0.1) is 0 Å². The van der Waals surface area contributed by atoms with Gasteiger partial charge in [0.05, 0.1) is 0 Å². The van der Waals surface area contributed by atoms with E-state index < -0.39 is 0 Å². The number of rotatable bonds is 2. The Morgan fingerprint density at radius 1 is 1.21 bits per heavy atom. The van der Waals surface area contributed by atoms with Gasteiger partial charge in [-0.1, -0.05) is 25.1 Å². The maximum absolute atomic E-state index is 5.60. The van der Waals surface area contributed by atoms with Crippen LogP contribution in [0.25, 0.3) is 6.08 Å². The zero-order chi connectivity index (χ0) is 13.1. The third-order valence-electron chi connectivity index (χ3n) is 3.79. The fraction of sp³-hybridized carbons (Fsp3) is 0.500. The summed E-state index contributed by atoms with van der Waals surface area (Å²) in [6, 6.07) is 6.62. The molecule has 2 aliphatic rings. The van der Waals surface area contributed by atoms with Gasteiger partial charge in [0.25, 0.3) is 0 Å². The summed E-state index contributed by atoms with van der Waals surface area (Å²) < 4.78 is 11.1. The van der Waals surface area contributed by atoms with E-state index in [-0.39, 0.29) is 0 Å². The van der Waals surface area contributed by atoms with Gasteiger partial charge < -0.3 is 14.8 Å². The molecule has 2 heterocycles. The molecule has 0 radical (unpaired) electrons. The Labute approximate surface area is 114 Å². The molecule has 1 N–H and O–H groups in total. The van der Waals surface area contributed by atoms with E-state index in [0.717, 1.165) is 24.0 Å². The van der Waals surface area contributed by atoms with Gasteiger partial charge in [0.15, 0.2) is 11.5 Å². The standard InChI is InChI=1S/C16H21NO2/c1-12-6-7-17-14(10-12)4-2-13-3-5-15-16(11-13)19-9-8-18-15/h2-5,11-12,14,17H,6-10H2,1H3/b4-2+. The molecule has 3 rings (SSSR count). The lowest BCUT2D eigenvalue weighted by molar-refractivity contribution is 0.171. The first kappa shape index (κ1) is 12.5. The van der Waals surface area contributed by atoms with Gasteiger partial charge in [-0.2, -0.15) is 0 Å². The van der Waals surface area contributed by atoms with Crippen molar-refractivity contribution >= 4 is 6.08 Å². The second-order valence-corrected chi connectivity index (χ2v) is 5.45. The number of piperidine rings is 1. The largest absolute Gasteiger partial charge is 0.486 e. The van der Waals surface area contributed by atoms with Gasteiger partial charge in [-0.25, -0.2) is 0 Å². The molecule has 1 fully saturated rings. The Morgan fingerprint density at radius 3 is 2.89 bits per heavy atom. The molecule has 1 aromatic carbocycles. The van der Waals surface area contributed by atoms with Gasteiger partial charge in [0, 0.05) is 6.04 Å². The highest BCUT2D eigenvalue weighted by Gasteiger charge is 2.15. The molecule has 1 saturated heterocycles. The van der Waals surface area contributed by atoms with Crippen molar-refractivity contribution in [3.63, 3.8) is 0 Å². The van der Waals surface area contributed by atoms with Crippen LogP contribution in [0.5, 0.6) is 11.5 Å². The molecule has 0 bridgehead atoms. The van der Waals surface area contributed by atoms with Crippen LogP contribution in [0.4, 0.5) is 0 Å². The summed E-state index contributed by atoms with van der Waals surface area (Å²) in [5.74, 6) is 2.53. The molecule has 3 nitrogen and oxygen atoms in total. The number of nitrogens with one attached hydrogen (secondary N) is 1. The molecular weight excluding hydrogens is 238 g/mol. The van der Waals surface area contributed by atoms with Crippen molar-refractivity contribution in [2.45, 2.75) is 25.8 Å². The van der Waals surface area contributed by atoms with Gasteiger partial charge in [-0.3, -0.25) is 0 Å². The molecule has 1 aromatic rings. The summed E-state index contributed by atoms with van der Waals surface area (Å²) in [6.45, 7) is 4.73. The number of fused-ring (bicyclic) bond motifs is 1. The second-order valence-electron chi connectivity index (χ2n) is 5.45. The molecule has 2 aliphatic heterocycles. The molecule has 102 valence electrons. The van der Waals surface area contributed by atoms with Crippen LogP contribution < -0.4 is 14.8 Å². The van der Waals surface area contributed by atoms with Crippen LogP contribution >= 0.6 is 0 Å². The van der Waals surface area contributed by atoms with E-state index in [9.17, 15) is 0 Å². The van der Waals surface area contributed by atoms with Gasteiger partial charge in [0.2, 0.25) is 0 Å². The average molecular weight is 259 g/mol. The minimum atomic E-state index is 0.497. The first-order chi connectivity index (χ1) is 9.31. The molecule has 0 amide bonds. The molecule has 2 atom stereocenters. The van der Waals surface area contributed by atoms with Gasteiger partial charge in [-0.05, 0) is 43.0 Å². The molecule has 0 aromatic heterocycles. The topological polar surface area (TPSA) is 30.5 Å². The smallest absolute Gasteiger partial charge is 0.161 e. The predicted molar refractivity (Wildman–Crippen MR) is 76.7 cm³/mol. The third-order valence-corrected chi connectivity index (χ3v) is 3.79. The van der Waals surface area contributed by atoms with Crippen molar-refractivity contribution in [3.8, 4) is 11.5 Å². The number of benzene rings is 1. The zero-order valence-corrected chi connectivity index (χ0v) is 11.4. The molecule has 2 unspecified atom stereocenters. The van der Waals surface area contributed by atoms with E-state index in [2.05, 4.69) is 36.5 Å². The van der Waals surface area contributed by atoms with Crippen molar-refractivity contribution in [2.24, 2.45) is 5.92 Å². The third kappa shape index (κ3) is 3.10. The maximum atomic E-state index is 5.60. The van der Waals surface area contributed by atoms with E-state index in [1.807, 2.05) is 6.07 Å². The Morgan fingerprint density at radius 2 is 2.05 bits per heavy atom. The first-order valence-electron chi connectivity index (χ1n) is 7.12. The highest BCUT2D eigenvalue weighted by molar-refractivity contribution is 5.56. The summed E-state index contributed by atoms with van der Waals surface area (Å²) in [5, 5.41) is 3.54. The van der Waals surface area contributed by atoms with Crippen LogP contribution in [0.1, 0.15) is 25.3 Å². The van der Waals surface area contributed by atoms with E-state index in [4.69, 9.17) is 9.47 Å². The molecular formula is C16H21NO2. The van der Waals surface area contributed by atoms with Crippen LogP contribution in [0.15, 0.2) is 24.3 Å². The van der Waals surface area contributed by atoms with E-state index in [1.165, 1.54) is 18.4 Å². The predicted octanol–water partition coefficient (Wildman–Crippen LogP) is 2.86. The van der Waals surface area contributed by atoms with Crippen molar-refractivity contribution in [2.75, 3.05) is 19.8 Å². The lowest BCUT2D eigenvalue weighted by Gasteiger charge is -2.25. The minimum Gasteiger partial charge on any atom is -0.486 e. The zero-order valence-electron chi connectivity index (χ0n) is 11.4. The first-order valence-corrected chi connectivity index (χ1v) is 7.12. The van der Waals surface area contributed by atoms with E-state index >= 15 is 0 Å². The monoisotopic (exact) mass is 259 g/mol. The lowest BCUT2D eigenvalue weighted by Crippen LogP contribution is -2.35.